The lowest BCUT2D eigenvalue weighted by atomic mass is 10.2. The van der Waals surface area contributed by atoms with Gasteiger partial charge in [-0.2, -0.15) is 0 Å². The van der Waals surface area contributed by atoms with E-state index in [0.717, 1.165) is 12.1 Å². The molecule has 3 rings (SSSR count). The summed E-state index contributed by atoms with van der Waals surface area (Å²) in [5, 5.41) is 0. The number of aromatic amines is 1. The van der Waals surface area contributed by atoms with Crippen LogP contribution in [0.1, 0.15) is 0 Å². The number of sulfonamides is 1. The second-order valence-electron chi connectivity index (χ2n) is 4.84. The third-order valence-electron chi connectivity index (χ3n) is 3.19. The summed E-state index contributed by atoms with van der Waals surface area (Å²) in [7, 11) is -4.08. The molecule has 0 fully saturated rings. The molecule has 9 heteroatoms. The Kier molecular flexibility index (Phi) is 4.37. The molecule has 0 unspecified atom stereocenters. The number of nitrogens with one attached hydrogen (secondary N) is 2. The molecule has 0 spiro atoms. The van der Waals surface area contributed by atoms with Gasteiger partial charge in [-0.1, -0.05) is 0 Å². The minimum Gasteiger partial charge on any atom is -0.360 e. The van der Waals surface area contributed by atoms with Gasteiger partial charge in [-0.05, 0) is 40.2 Å². The fraction of sp³-hybridized carbons (Fsp3) is 0. The summed E-state index contributed by atoms with van der Waals surface area (Å²) in [5.74, 6) is -1.67. The van der Waals surface area contributed by atoms with Crippen LogP contribution < -0.4 is 4.72 Å². The number of hydrogen-bond donors (Lipinski definition) is 2. The summed E-state index contributed by atoms with van der Waals surface area (Å²) in [6.45, 7) is 0. The molecular formula is C15H10BrF2N3O2S. The van der Waals surface area contributed by atoms with E-state index in [9.17, 15) is 17.2 Å². The average molecular weight is 414 g/mol. The van der Waals surface area contributed by atoms with Crippen LogP contribution in [0.2, 0.25) is 0 Å². The Morgan fingerprint density at radius 3 is 2.67 bits per heavy atom. The van der Waals surface area contributed by atoms with E-state index in [1.54, 1.807) is 24.5 Å². The third kappa shape index (κ3) is 3.31. The number of aromatic nitrogens is 2. The standard InChI is InChI=1S/C15H10BrF2N3O2S/c16-11-5-13(18)15(6-12(11)17)21-24(22,23)10-4-14(20-8-10)9-2-1-3-19-7-9/h1-8,20-21H. The van der Waals surface area contributed by atoms with Gasteiger partial charge in [0, 0.05) is 35.9 Å². The van der Waals surface area contributed by atoms with Crippen LogP contribution in [0.4, 0.5) is 14.5 Å². The molecule has 0 bridgehead atoms. The number of anilines is 1. The first-order chi connectivity index (χ1) is 11.4. The molecule has 0 aliphatic carbocycles. The van der Waals surface area contributed by atoms with E-state index in [2.05, 4.69) is 25.9 Å². The molecule has 2 N–H and O–H groups in total. The van der Waals surface area contributed by atoms with Crippen molar-refractivity contribution < 1.29 is 17.2 Å². The summed E-state index contributed by atoms with van der Waals surface area (Å²) >= 11 is 2.83. The van der Waals surface area contributed by atoms with E-state index in [1.165, 1.54) is 12.3 Å². The van der Waals surface area contributed by atoms with Crippen molar-refractivity contribution in [1.82, 2.24) is 9.97 Å². The summed E-state index contributed by atoms with van der Waals surface area (Å²) in [6.07, 6.45) is 4.42. The van der Waals surface area contributed by atoms with Crippen molar-refractivity contribution in [2.24, 2.45) is 0 Å². The second-order valence-corrected chi connectivity index (χ2v) is 7.38. The normalized spacial score (nSPS) is 11.5. The van der Waals surface area contributed by atoms with Gasteiger partial charge in [0.05, 0.1) is 10.2 Å². The Hall–Kier alpha value is -2.26. The predicted molar refractivity (Wildman–Crippen MR) is 88.9 cm³/mol. The van der Waals surface area contributed by atoms with Crippen molar-refractivity contribution in [2.75, 3.05) is 4.72 Å². The lowest BCUT2D eigenvalue weighted by Gasteiger charge is -2.08. The quantitative estimate of drug-likeness (QED) is 0.636. The number of hydrogen-bond acceptors (Lipinski definition) is 3. The third-order valence-corrected chi connectivity index (χ3v) is 5.15. The highest BCUT2D eigenvalue weighted by atomic mass is 79.9. The van der Waals surface area contributed by atoms with Crippen LogP contribution in [0.15, 0.2) is 58.3 Å². The SMILES string of the molecule is O=S(=O)(Nc1cc(F)c(Br)cc1F)c1c[nH]c(-c2cccnc2)c1. The van der Waals surface area contributed by atoms with Gasteiger partial charge in [0.2, 0.25) is 0 Å². The van der Waals surface area contributed by atoms with Gasteiger partial charge >= 0.3 is 0 Å². The number of H-pyrrole nitrogens is 1. The van der Waals surface area contributed by atoms with Crippen molar-refractivity contribution in [3.8, 4) is 11.3 Å². The van der Waals surface area contributed by atoms with Crippen LogP contribution in [-0.4, -0.2) is 18.4 Å². The fourth-order valence-corrected chi connectivity index (χ4v) is 3.39. The number of halogens is 3. The van der Waals surface area contributed by atoms with Crippen molar-refractivity contribution in [3.63, 3.8) is 0 Å². The minimum absolute atomic E-state index is 0.0940. The van der Waals surface area contributed by atoms with E-state index in [0.29, 0.717) is 11.3 Å². The first-order valence-electron chi connectivity index (χ1n) is 6.63. The van der Waals surface area contributed by atoms with Crippen molar-refractivity contribution in [1.29, 1.82) is 0 Å². The van der Waals surface area contributed by atoms with E-state index >= 15 is 0 Å². The Labute approximate surface area is 144 Å². The van der Waals surface area contributed by atoms with Crippen LogP contribution >= 0.6 is 15.9 Å². The van der Waals surface area contributed by atoms with Gasteiger partial charge < -0.3 is 4.98 Å². The lowest BCUT2D eigenvalue weighted by Crippen LogP contribution is -2.13. The summed E-state index contributed by atoms with van der Waals surface area (Å²) < 4.78 is 53.9. The Morgan fingerprint density at radius 2 is 1.96 bits per heavy atom. The molecule has 0 aliphatic heterocycles. The highest BCUT2D eigenvalue weighted by Crippen LogP contribution is 2.27. The highest BCUT2D eigenvalue weighted by molar-refractivity contribution is 9.10. The fourth-order valence-electron chi connectivity index (χ4n) is 2.02. The lowest BCUT2D eigenvalue weighted by molar-refractivity contribution is 0.592. The monoisotopic (exact) mass is 413 g/mol. The van der Waals surface area contributed by atoms with Gasteiger partial charge in [0.25, 0.3) is 10.0 Å². The van der Waals surface area contributed by atoms with Gasteiger partial charge in [0.15, 0.2) is 0 Å². The molecule has 0 amide bonds. The Bertz CT molecular complexity index is 991. The van der Waals surface area contributed by atoms with E-state index in [-0.39, 0.29) is 9.37 Å². The number of benzene rings is 1. The highest BCUT2D eigenvalue weighted by Gasteiger charge is 2.19. The zero-order valence-electron chi connectivity index (χ0n) is 11.9. The van der Waals surface area contributed by atoms with Gasteiger partial charge in [-0.3, -0.25) is 9.71 Å². The van der Waals surface area contributed by atoms with Crippen molar-refractivity contribution >= 4 is 31.6 Å². The zero-order valence-corrected chi connectivity index (χ0v) is 14.3. The first kappa shape index (κ1) is 16.6. The molecule has 124 valence electrons. The Morgan fingerprint density at radius 1 is 1.17 bits per heavy atom. The van der Waals surface area contributed by atoms with Crippen LogP contribution in [0.25, 0.3) is 11.3 Å². The maximum Gasteiger partial charge on any atom is 0.263 e. The van der Waals surface area contributed by atoms with E-state index in [1.807, 2.05) is 4.72 Å². The van der Waals surface area contributed by atoms with Gasteiger partial charge in [-0.25, -0.2) is 17.2 Å². The van der Waals surface area contributed by atoms with E-state index < -0.39 is 27.3 Å². The first-order valence-corrected chi connectivity index (χ1v) is 8.90. The summed E-state index contributed by atoms with van der Waals surface area (Å²) in [5.41, 5.74) is 0.755. The molecular weight excluding hydrogens is 404 g/mol. The molecule has 0 atom stereocenters. The number of nitrogens with zero attached hydrogens (tertiary/aromatic N) is 1. The topological polar surface area (TPSA) is 74.8 Å². The molecule has 1 aromatic carbocycles. The van der Waals surface area contributed by atoms with Crippen molar-refractivity contribution in [2.45, 2.75) is 4.90 Å². The van der Waals surface area contributed by atoms with Crippen LogP contribution in [0.5, 0.6) is 0 Å². The largest absolute Gasteiger partial charge is 0.360 e. The second kappa shape index (κ2) is 6.33. The average Bonchev–Trinajstić information content (AvgIpc) is 3.04. The Balaban J connectivity index is 1.92. The number of pyridine rings is 1. The van der Waals surface area contributed by atoms with Gasteiger partial charge in [-0.15, -0.1) is 0 Å². The minimum atomic E-state index is -4.08. The molecule has 2 heterocycles. The maximum absolute atomic E-state index is 13.8. The molecule has 3 aromatic rings. The molecule has 0 radical (unpaired) electrons. The van der Waals surface area contributed by atoms with Crippen LogP contribution in [0, 0.1) is 11.6 Å². The zero-order chi connectivity index (χ0) is 17.3. The van der Waals surface area contributed by atoms with E-state index in [4.69, 9.17) is 0 Å². The molecule has 0 aliphatic rings. The van der Waals surface area contributed by atoms with Crippen molar-refractivity contribution in [3.05, 3.63) is 65.0 Å². The molecule has 0 saturated carbocycles. The number of rotatable bonds is 4. The smallest absolute Gasteiger partial charge is 0.263 e. The maximum atomic E-state index is 13.8. The molecule has 24 heavy (non-hydrogen) atoms. The summed E-state index contributed by atoms with van der Waals surface area (Å²) in [4.78, 5) is 6.66. The summed E-state index contributed by atoms with van der Waals surface area (Å²) in [6, 6.07) is 6.47. The molecule has 2 aromatic heterocycles. The van der Waals surface area contributed by atoms with Gasteiger partial charge in [0.1, 0.15) is 16.5 Å². The molecule has 5 nitrogen and oxygen atoms in total. The predicted octanol–water partition coefficient (Wildman–Crippen LogP) is 3.92. The van der Waals surface area contributed by atoms with Crippen LogP contribution in [-0.2, 0) is 10.0 Å². The molecule has 0 saturated heterocycles. The van der Waals surface area contributed by atoms with Crippen LogP contribution in [0.3, 0.4) is 0 Å².